The molecule has 2 saturated carbocycles. The molecular weight excluding hydrogens is 645 g/mol. The van der Waals surface area contributed by atoms with Gasteiger partial charge in [-0.05, 0) is 73.5 Å². The second-order valence-corrected chi connectivity index (χ2v) is 16.0. The van der Waals surface area contributed by atoms with Gasteiger partial charge in [-0.15, -0.1) is 0 Å². The molecule has 15 heteroatoms. The zero-order valence-electron chi connectivity index (χ0n) is 27.1. The first-order valence-electron chi connectivity index (χ1n) is 16.8. The van der Waals surface area contributed by atoms with Crippen LogP contribution in [0.4, 0.5) is 4.39 Å². The summed E-state index contributed by atoms with van der Waals surface area (Å²) in [6.07, 6.45) is 4.92. The van der Waals surface area contributed by atoms with Gasteiger partial charge in [-0.25, -0.2) is 4.39 Å². The molecule has 4 aliphatic rings. The molecule has 1 aromatic heterocycles. The summed E-state index contributed by atoms with van der Waals surface area (Å²) in [5.41, 5.74) is -2.17. The van der Waals surface area contributed by atoms with Crippen molar-refractivity contribution in [2.75, 3.05) is 13.1 Å². The van der Waals surface area contributed by atoms with Crippen molar-refractivity contribution in [2.45, 2.75) is 88.8 Å². The number of hydrogen-bond donors (Lipinski definition) is 6. The Morgan fingerprint density at radius 1 is 1.10 bits per heavy atom. The highest BCUT2D eigenvalue weighted by atomic mass is 32.2. The number of nitrogens with one attached hydrogen (secondary N) is 4. The Bertz CT molecular complexity index is 1710. The van der Waals surface area contributed by atoms with Crippen LogP contribution < -0.4 is 16.0 Å². The Balaban J connectivity index is 1.26. The van der Waals surface area contributed by atoms with Crippen LogP contribution in [-0.4, -0.2) is 88.2 Å². The minimum absolute atomic E-state index is 0.0364. The third-order valence-corrected chi connectivity index (χ3v) is 12.1. The zero-order valence-corrected chi connectivity index (χ0v) is 27.9. The number of aromatic nitrogens is 1. The zero-order chi connectivity index (χ0) is 34.5. The molecule has 7 atom stereocenters. The van der Waals surface area contributed by atoms with Crippen molar-refractivity contribution in [3.05, 3.63) is 35.8 Å². The maximum atomic E-state index is 14.5. The lowest BCUT2D eigenvalue weighted by Gasteiger charge is -2.37. The van der Waals surface area contributed by atoms with E-state index in [2.05, 4.69) is 20.9 Å². The molecule has 3 heterocycles. The van der Waals surface area contributed by atoms with Gasteiger partial charge in [-0.3, -0.25) is 23.7 Å². The first-order valence-corrected chi connectivity index (χ1v) is 18.3. The lowest BCUT2D eigenvalue weighted by molar-refractivity contribution is -0.143. The summed E-state index contributed by atoms with van der Waals surface area (Å²) < 4.78 is 48.2. The van der Waals surface area contributed by atoms with Gasteiger partial charge in [0.15, 0.2) is 0 Å². The Kier molecular flexibility index (Phi) is 9.33. The first kappa shape index (κ1) is 34.3. The normalized spacial score (nSPS) is 27.4. The molecule has 48 heavy (non-hydrogen) atoms. The van der Waals surface area contributed by atoms with E-state index in [4.69, 9.17) is 0 Å². The van der Waals surface area contributed by atoms with Crippen LogP contribution in [-0.2, 0) is 24.5 Å². The molecule has 262 valence electrons. The van der Waals surface area contributed by atoms with Crippen LogP contribution in [0.25, 0.3) is 10.9 Å². The number of piperidine rings is 2. The quantitative estimate of drug-likeness (QED) is 0.204. The second kappa shape index (κ2) is 13.0. The van der Waals surface area contributed by atoms with Crippen molar-refractivity contribution in [1.82, 2.24) is 25.8 Å². The molecular formula is C33H44FN5O8S. The number of benzene rings is 1. The van der Waals surface area contributed by atoms with Gasteiger partial charge >= 0.3 is 0 Å². The Morgan fingerprint density at radius 3 is 2.50 bits per heavy atom. The van der Waals surface area contributed by atoms with Crippen molar-refractivity contribution in [3.8, 4) is 0 Å². The molecule has 0 bridgehead atoms. The average Bonchev–Trinajstić information content (AvgIpc) is 3.42. The molecule has 0 radical (unpaired) electrons. The third kappa shape index (κ3) is 6.56. The van der Waals surface area contributed by atoms with Gasteiger partial charge in [0.2, 0.25) is 23.2 Å². The number of amides is 4. The molecule has 13 nitrogen and oxygen atoms in total. The van der Waals surface area contributed by atoms with Gasteiger partial charge in [0.05, 0.1) is 6.04 Å². The SMILES string of the molecule is CC1(C)[C@@H]2[C@@H](C(=O)N[C@@H](C[C@@H]3CCCNC3=O)C(O)S(=O)(=O)O)N(C(=O)[C@@H](NC(=O)c3cc4c(F)cccc4[nH]3)C3CCCCC3)C[C@@H]21. The maximum Gasteiger partial charge on any atom is 0.294 e. The number of aliphatic hydroxyl groups is 1. The predicted molar refractivity (Wildman–Crippen MR) is 172 cm³/mol. The van der Waals surface area contributed by atoms with E-state index in [9.17, 15) is 41.6 Å². The summed E-state index contributed by atoms with van der Waals surface area (Å²) in [5.74, 6) is -3.77. The van der Waals surface area contributed by atoms with E-state index in [1.54, 1.807) is 6.07 Å². The van der Waals surface area contributed by atoms with Crippen LogP contribution in [0.2, 0.25) is 0 Å². The highest BCUT2D eigenvalue weighted by Gasteiger charge is 2.69. The fourth-order valence-electron chi connectivity index (χ4n) is 8.39. The van der Waals surface area contributed by atoms with E-state index >= 15 is 0 Å². The Morgan fingerprint density at radius 2 is 1.83 bits per heavy atom. The van der Waals surface area contributed by atoms with Gasteiger partial charge in [-0.1, -0.05) is 39.2 Å². The van der Waals surface area contributed by atoms with E-state index in [1.807, 2.05) is 13.8 Å². The standard InChI is InChI=1S/C33H44FN5O8S/c1-33(2)20-16-39(27(25(20)33)30(42)37-24(32(44)48(45,46)47)14-18-10-7-13-35-28(18)40)31(43)26(17-8-4-3-5-9-17)38-29(41)23-15-19-21(34)11-6-12-22(19)36-23/h6,11-12,15,17-18,20,24-27,32,36,44H,3-5,7-10,13-14,16H2,1-2H3,(H,35,40)(H,37,42)(H,38,41)(H,45,46,47)/t18-,20-,24-,25-,26-,27-,32?/m0/s1. The largest absolute Gasteiger partial charge is 0.374 e. The number of rotatable bonds is 10. The molecule has 4 amide bonds. The number of halogens is 1. The molecule has 6 rings (SSSR count). The van der Waals surface area contributed by atoms with E-state index in [1.165, 1.54) is 23.1 Å². The number of hydrogen-bond acceptors (Lipinski definition) is 7. The molecule has 2 saturated heterocycles. The van der Waals surface area contributed by atoms with Crippen molar-refractivity contribution in [3.63, 3.8) is 0 Å². The summed E-state index contributed by atoms with van der Waals surface area (Å²) in [7, 11) is -5.02. The van der Waals surface area contributed by atoms with Gasteiger partial charge in [-0.2, -0.15) is 8.42 Å². The lowest BCUT2D eigenvalue weighted by atomic mass is 9.83. The molecule has 4 fully saturated rings. The van der Waals surface area contributed by atoms with Gasteiger partial charge < -0.3 is 30.9 Å². The highest BCUT2D eigenvalue weighted by molar-refractivity contribution is 7.86. The van der Waals surface area contributed by atoms with Gasteiger partial charge in [0.1, 0.15) is 23.6 Å². The van der Waals surface area contributed by atoms with Gasteiger partial charge in [0.25, 0.3) is 16.0 Å². The van der Waals surface area contributed by atoms with Crippen molar-refractivity contribution in [1.29, 1.82) is 0 Å². The van der Waals surface area contributed by atoms with E-state index in [0.717, 1.165) is 19.3 Å². The number of aliphatic hydroxyl groups excluding tert-OH is 1. The summed E-state index contributed by atoms with van der Waals surface area (Å²) >= 11 is 0. The molecule has 2 aromatic rings. The first-order chi connectivity index (χ1) is 22.7. The fraction of sp³-hybridized carbons (Fsp3) is 0.636. The predicted octanol–water partition coefficient (Wildman–Crippen LogP) is 2.08. The Hall–Kier alpha value is -3.56. The van der Waals surface area contributed by atoms with Crippen LogP contribution in [0.3, 0.4) is 0 Å². The number of carbonyl (C=O) groups is 4. The van der Waals surface area contributed by atoms with Crippen molar-refractivity contribution < 1.29 is 41.6 Å². The molecule has 2 aliphatic heterocycles. The highest BCUT2D eigenvalue weighted by Crippen LogP contribution is 2.65. The summed E-state index contributed by atoms with van der Waals surface area (Å²) in [5, 5.41) is 19.0. The number of nitrogens with zero attached hydrogens (tertiary/aromatic N) is 1. The molecule has 6 N–H and O–H groups in total. The van der Waals surface area contributed by atoms with Gasteiger partial charge in [0, 0.05) is 29.9 Å². The summed E-state index contributed by atoms with van der Waals surface area (Å²) in [6, 6.07) is 2.33. The number of fused-ring (bicyclic) bond motifs is 2. The molecule has 0 spiro atoms. The second-order valence-electron chi connectivity index (χ2n) is 14.5. The van der Waals surface area contributed by atoms with Crippen LogP contribution in [0.15, 0.2) is 24.3 Å². The topological polar surface area (TPSA) is 198 Å². The van der Waals surface area contributed by atoms with Crippen LogP contribution >= 0.6 is 0 Å². The summed E-state index contributed by atoms with van der Waals surface area (Å²) in [6.45, 7) is 4.66. The van der Waals surface area contributed by atoms with Crippen LogP contribution in [0.1, 0.15) is 75.7 Å². The lowest BCUT2D eigenvalue weighted by Crippen LogP contribution is -2.60. The molecule has 2 aliphatic carbocycles. The van der Waals surface area contributed by atoms with Crippen LogP contribution in [0.5, 0.6) is 0 Å². The fourth-order valence-corrected chi connectivity index (χ4v) is 8.98. The average molecular weight is 690 g/mol. The number of H-pyrrole nitrogens is 1. The minimum Gasteiger partial charge on any atom is -0.374 e. The number of aromatic amines is 1. The number of carbonyl (C=O) groups excluding carboxylic acids is 4. The van der Waals surface area contributed by atoms with Crippen LogP contribution in [0, 0.1) is 34.9 Å². The monoisotopic (exact) mass is 689 g/mol. The molecule has 1 unspecified atom stereocenters. The summed E-state index contributed by atoms with van der Waals surface area (Å²) in [4.78, 5) is 59.0. The minimum atomic E-state index is -5.02. The van der Waals surface area contributed by atoms with Crippen molar-refractivity contribution >= 4 is 44.6 Å². The smallest absolute Gasteiger partial charge is 0.294 e. The molecule has 1 aromatic carbocycles. The third-order valence-electron chi connectivity index (χ3n) is 11.2. The van der Waals surface area contributed by atoms with E-state index < -0.39 is 63.1 Å². The van der Waals surface area contributed by atoms with Crippen molar-refractivity contribution in [2.24, 2.45) is 29.1 Å². The maximum absolute atomic E-state index is 14.5. The number of likely N-dealkylation sites (tertiary alicyclic amines) is 1. The van der Waals surface area contributed by atoms with E-state index in [0.29, 0.717) is 37.7 Å². The Labute approximate surface area is 278 Å². The van der Waals surface area contributed by atoms with E-state index in [-0.39, 0.29) is 53.1 Å².